The number of aromatic nitrogens is 3. The van der Waals surface area contributed by atoms with E-state index < -0.39 is 17.0 Å². The van der Waals surface area contributed by atoms with Crippen LogP contribution in [0.5, 0.6) is 0 Å². The fourth-order valence-corrected chi connectivity index (χ4v) is 6.38. The number of carbonyl (C=O) groups excluding carboxylic acids is 1. The second-order valence-corrected chi connectivity index (χ2v) is 11.6. The number of anilines is 1. The number of nitrogens with zero attached hydrogens (tertiary/aromatic N) is 4. The van der Waals surface area contributed by atoms with E-state index in [1.165, 1.54) is 0 Å². The van der Waals surface area contributed by atoms with E-state index in [9.17, 15) is 18.0 Å². The molecule has 0 radical (unpaired) electrons. The maximum absolute atomic E-state index is 13.6. The Morgan fingerprint density at radius 2 is 1.82 bits per heavy atom. The van der Waals surface area contributed by atoms with E-state index in [-0.39, 0.29) is 43.4 Å². The van der Waals surface area contributed by atoms with E-state index >= 15 is 0 Å². The smallest absolute Gasteiger partial charge is 0.393 e. The second-order valence-electron chi connectivity index (χ2n) is 11.6. The third-order valence-electron chi connectivity index (χ3n) is 9.04. The number of alkyl halides is 3. The van der Waals surface area contributed by atoms with Crippen molar-refractivity contribution in [3.05, 3.63) is 58.8 Å². The average Bonchev–Trinajstić information content (AvgIpc) is 3.30. The van der Waals surface area contributed by atoms with Gasteiger partial charge in [0.1, 0.15) is 23.1 Å². The number of halogens is 3. The van der Waals surface area contributed by atoms with E-state index in [1.54, 1.807) is 10.7 Å². The average molecular weight is 524 g/mol. The molecular formula is C28H28F3N5O2. The van der Waals surface area contributed by atoms with Crippen LogP contribution in [0.2, 0.25) is 0 Å². The Morgan fingerprint density at radius 1 is 1.13 bits per heavy atom. The molecule has 198 valence electrons. The van der Waals surface area contributed by atoms with Gasteiger partial charge in [0.05, 0.1) is 29.6 Å². The Labute approximate surface area is 218 Å². The van der Waals surface area contributed by atoms with Gasteiger partial charge in [0, 0.05) is 17.9 Å². The molecule has 2 aromatic heterocycles. The van der Waals surface area contributed by atoms with Gasteiger partial charge in [0.25, 0.3) is 5.69 Å². The molecule has 3 aliphatic carbocycles. The summed E-state index contributed by atoms with van der Waals surface area (Å²) in [7, 11) is 0. The van der Waals surface area contributed by atoms with Crippen LogP contribution in [0.1, 0.15) is 68.9 Å². The number of hydrogen-bond donors (Lipinski definition) is 1. The van der Waals surface area contributed by atoms with Crippen molar-refractivity contribution in [2.75, 3.05) is 5.73 Å². The molecule has 3 aliphatic rings. The summed E-state index contributed by atoms with van der Waals surface area (Å²) < 4.78 is 48.0. The molecule has 0 spiro atoms. The molecule has 0 unspecified atom stereocenters. The number of carbonyl (C=O) groups is 1. The first-order valence-corrected chi connectivity index (χ1v) is 12.9. The molecule has 10 heteroatoms. The van der Waals surface area contributed by atoms with Gasteiger partial charge in [0.15, 0.2) is 0 Å². The number of hydrogen-bond acceptors (Lipinski definition) is 5. The SMILES string of the molecule is [C-]#[N+]c1c(-c2ccc(CC(=O)Cc3cc(C45CCC(C(F)(F)F)(CC4)C5)no3)cc2)nn(C2(C)CC2)c1N. The minimum atomic E-state index is -4.21. The topological polar surface area (TPSA) is 91.3 Å². The monoisotopic (exact) mass is 523 g/mol. The summed E-state index contributed by atoms with van der Waals surface area (Å²) in [6.45, 7) is 9.62. The number of nitrogens with two attached hydrogens (primary N) is 1. The second kappa shape index (κ2) is 8.19. The van der Waals surface area contributed by atoms with Gasteiger partial charge in [-0.15, -0.1) is 0 Å². The lowest BCUT2D eigenvalue weighted by Crippen LogP contribution is -2.33. The number of nitrogen functional groups attached to an aromatic ring is 1. The standard InChI is InChI=1S/C28H28F3N5O2/c1-25(7-8-25)36-24(32)23(33-2)22(34-36)18-5-3-17(4-6-18)13-19(37)14-20-15-21(35-38-20)26-9-11-27(16-26,12-10-26)28(29,30)31/h3-6,15H,7-14,16,32H2,1H3. The summed E-state index contributed by atoms with van der Waals surface area (Å²) in [5.41, 5.74) is 6.83. The van der Waals surface area contributed by atoms with Crippen LogP contribution in [-0.2, 0) is 28.6 Å². The molecule has 0 amide bonds. The Hall–Kier alpha value is -3.61. The number of Topliss-reactive ketones (excluding diaryl/α,β-unsaturated/α-hetero) is 1. The van der Waals surface area contributed by atoms with E-state index in [4.69, 9.17) is 16.8 Å². The van der Waals surface area contributed by atoms with E-state index in [1.807, 2.05) is 24.3 Å². The van der Waals surface area contributed by atoms with E-state index in [0.717, 1.165) is 24.0 Å². The lowest BCUT2D eigenvalue weighted by atomic mass is 9.80. The summed E-state index contributed by atoms with van der Waals surface area (Å²) in [4.78, 5) is 16.4. The highest BCUT2D eigenvalue weighted by Crippen LogP contribution is 2.67. The molecule has 2 heterocycles. The summed E-state index contributed by atoms with van der Waals surface area (Å²) >= 11 is 0. The molecule has 0 aliphatic heterocycles. The lowest BCUT2D eigenvalue weighted by molar-refractivity contribution is -0.220. The minimum absolute atomic E-state index is 0.0244. The van der Waals surface area contributed by atoms with Crippen LogP contribution in [0.15, 0.2) is 34.9 Å². The van der Waals surface area contributed by atoms with Gasteiger partial charge in [0.2, 0.25) is 0 Å². The first kappa shape index (κ1) is 24.7. The molecule has 38 heavy (non-hydrogen) atoms. The fraction of sp³-hybridized carbons (Fsp3) is 0.500. The van der Waals surface area contributed by atoms with Crippen LogP contribution in [0, 0.1) is 12.0 Å². The highest BCUT2D eigenvalue weighted by molar-refractivity contribution is 5.85. The molecule has 3 saturated carbocycles. The molecule has 3 fully saturated rings. The molecular weight excluding hydrogens is 495 g/mol. The van der Waals surface area contributed by atoms with Gasteiger partial charge in [-0.2, -0.15) is 18.3 Å². The van der Waals surface area contributed by atoms with E-state index in [2.05, 4.69) is 22.0 Å². The highest BCUT2D eigenvalue weighted by atomic mass is 19.4. The zero-order chi connectivity index (χ0) is 26.9. The summed E-state index contributed by atoms with van der Waals surface area (Å²) in [6, 6.07) is 8.99. The van der Waals surface area contributed by atoms with E-state index in [0.29, 0.717) is 41.5 Å². The third kappa shape index (κ3) is 3.82. The molecule has 1 aromatic carbocycles. The van der Waals surface area contributed by atoms with Gasteiger partial charge in [-0.1, -0.05) is 29.4 Å². The maximum Gasteiger partial charge on any atom is 0.394 e. The van der Waals surface area contributed by atoms with Crippen LogP contribution in [0.25, 0.3) is 16.1 Å². The predicted molar refractivity (Wildman–Crippen MR) is 133 cm³/mol. The molecule has 7 nitrogen and oxygen atoms in total. The Kier molecular flexibility index (Phi) is 5.33. The normalized spacial score (nSPS) is 25.4. The van der Waals surface area contributed by atoms with Crippen molar-refractivity contribution in [1.82, 2.24) is 14.9 Å². The van der Waals surface area contributed by atoms with Crippen molar-refractivity contribution in [3.63, 3.8) is 0 Å². The summed E-state index contributed by atoms with van der Waals surface area (Å²) in [5.74, 6) is 0.667. The van der Waals surface area contributed by atoms with Gasteiger partial charge >= 0.3 is 6.18 Å². The molecule has 3 aromatic rings. The van der Waals surface area contributed by atoms with Gasteiger partial charge < -0.3 is 10.3 Å². The fourth-order valence-electron chi connectivity index (χ4n) is 6.38. The number of benzene rings is 1. The number of fused-ring (bicyclic) bond motifs is 2. The van der Waals surface area contributed by atoms with Crippen molar-refractivity contribution < 1.29 is 22.5 Å². The Bertz CT molecular complexity index is 1450. The van der Waals surface area contributed by atoms with Crippen LogP contribution in [0.4, 0.5) is 24.7 Å². The van der Waals surface area contributed by atoms with Crippen LogP contribution < -0.4 is 5.73 Å². The number of ketones is 1. The predicted octanol–water partition coefficient (Wildman–Crippen LogP) is 6.30. The largest absolute Gasteiger partial charge is 0.394 e. The van der Waals surface area contributed by atoms with Crippen LogP contribution in [-0.4, -0.2) is 26.9 Å². The minimum Gasteiger partial charge on any atom is -0.393 e. The Morgan fingerprint density at radius 3 is 2.39 bits per heavy atom. The first-order chi connectivity index (χ1) is 18.0. The van der Waals surface area contributed by atoms with Crippen molar-refractivity contribution in [1.29, 1.82) is 0 Å². The molecule has 0 saturated heterocycles. The highest BCUT2D eigenvalue weighted by Gasteiger charge is 2.67. The molecule has 2 bridgehead atoms. The van der Waals surface area contributed by atoms with Crippen molar-refractivity contribution in [2.24, 2.45) is 5.41 Å². The van der Waals surface area contributed by atoms with Crippen LogP contribution in [0.3, 0.4) is 0 Å². The molecule has 2 N–H and O–H groups in total. The van der Waals surface area contributed by atoms with Gasteiger partial charge in [-0.25, -0.2) is 4.85 Å². The van der Waals surface area contributed by atoms with Gasteiger partial charge in [-0.3, -0.25) is 9.48 Å². The first-order valence-electron chi connectivity index (χ1n) is 12.9. The summed E-state index contributed by atoms with van der Waals surface area (Å²) in [5, 5.41) is 8.72. The van der Waals surface area contributed by atoms with Crippen molar-refractivity contribution in [2.45, 2.75) is 81.8 Å². The third-order valence-corrected chi connectivity index (χ3v) is 9.04. The zero-order valence-corrected chi connectivity index (χ0v) is 21.1. The van der Waals surface area contributed by atoms with Crippen LogP contribution >= 0.6 is 0 Å². The number of rotatable bonds is 7. The zero-order valence-electron chi connectivity index (χ0n) is 21.1. The quantitative estimate of drug-likeness (QED) is 0.367. The van der Waals surface area contributed by atoms with Crippen molar-refractivity contribution >= 4 is 17.3 Å². The maximum atomic E-state index is 13.6. The van der Waals surface area contributed by atoms with Crippen molar-refractivity contribution in [3.8, 4) is 11.3 Å². The Balaban J connectivity index is 1.12. The lowest BCUT2D eigenvalue weighted by Gasteiger charge is -2.29. The summed E-state index contributed by atoms with van der Waals surface area (Å²) in [6.07, 6.45) is -0.892. The van der Waals surface area contributed by atoms with Gasteiger partial charge in [-0.05, 0) is 63.0 Å². The molecule has 0 atom stereocenters. The molecule has 6 rings (SSSR count).